The van der Waals surface area contributed by atoms with Crippen LogP contribution in [-0.2, 0) is 4.79 Å². The maximum absolute atomic E-state index is 12.5. The SMILES string of the molecule is Cc1ccc(NC(=O)CSc2nnc(-c3ccc(Cl)cc3)n2-c2ccccc2)cc1C. The Labute approximate surface area is 190 Å². The first-order valence-corrected chi connectivity index (χ1v) is 11.1. The fraction of sp³-hybridized carbons (Fsp3) is 0.125. The number of amides is 1. The van der Waals surface area contributed by atoms with Gasteiger partial charge in [-0.05, 0) is 73.5 Å². The minimum absolute atomic E-state index is 0.0936. The molecule has 3 aromatic carbocycles. The molecule has 4 rings (SSSR count). The summed E-state index contributed by atoms with van der Waals surface area (Å²) in [5.74, 6) is 0.822. The number of carbonyl (C=O) groups excluding carboxylic acids is 1. The van der Waals surface area contributed by atoms with Crippen molar-refractivity contribution in [3.8, 4) is 17.1 Å². The lowest BCUT2D eigenvalue weighted by atomic mass is 10.1. The number of aromatic nitrogens is 3. The summed E-state index contributed by atoms with van der Waals surface area (Å²) >= 11 is 7.39. The van der Waals surface area contributed by atoms with Gasteiger partial charge in [0.25, 0.3) is 0 Å². The zero-order chi connectivity index (χ0) is 21.8. The van der Waals surface area contributed by atoms with Crippen LogP contribution in [0.15, 0.2) is 78.0 Å². The largest absolute Gasteiger partial charge is 0.325 e. The van der Waals surface area contributed by atoms with Crippen molar-refractivity contribution in [3.05, 3.63) is 88.9 Å². The van der Waals surface area contributed by atoms with Crippen molar-refractivity contribution in [2.24, 2.45) is 0 Å². The molecule has 1 heterocycles. The molecule has 1 amide bonds. The van der Waals surface area contributed by atoms with Crippen molar-refractivity contribution in [3.63, 3.8) is 0 Å². The Morgan fingerprint density at radius 1 is 0.968 bits per heavy atom. The maximum Gasteiger partial charge on any atom is 0.234 e. The van der Waals surface area contributed by atoms with Gasteiger partial charge >= 0.3 is 0 Å². The molecule has 0 saturated heterocycles. The number of anilines is 1. The van der Waals surface area contributed by atoms with Gasteiger partial charge in [0.15, 0.2) is 11.0 Å². The molecular weight excluding hydrogens is 428 g/mol. The second-order valence-electron chi connectivity index (χ2n) is 7.12. The van der Waals surface area contributed by atoms with E-state index in [2.05, 4.69) is 15.5 Å². The number of hydrogen-bond acceptors (Lipinski definition) is 4. The molecule has 7 heteroatoms. The fourth-order valence-corrected chi connectivity index (χ4v) is 3.98. The lowest BCUT2D eigenvalue weighted by molar-refractivity contribution is -0.113. The Bertz CT molecular complexity index is 1210. The van der Waals surface area contributed by atoms with Gasteiger partial charge in [-0.1, -0.05) is 47.6 Å². The van der Waals surface area contributed by atoms with Crippen LogP contribution in [-0.4, -0.2) is 26.4 Å². The van der Waals surface area contributed by atoms with Crippen molar-refractivity contribution in [1.29, 1.82) is 0 Å². The predicted molar refractivity (Wildman–Crippen MR) is 127 cm³/mol. The maximum atomic E-state index is 12.5. The van der Waals surface area contributed by atoms with Crippen molar-refractivity contribution in [2.75, 3.05) is 11.1 Å². The molecule has 1 aromatic heterocycles. The normalized spacial score (nSPS) is 10.8. The minimum atomic E-state index is -0.0936. The van der Waals surface area contributed by atoms with Crippen LogP contribution in [0.5, 0.6) is 0 Å². The molecule has 4 aromatic rings. The molecular formula is C24H21ClN4OS. The molecule has 0 bridgehead atoms. The predicted octanol–water partition coefficient (Wildman–Crippen LogP) is 5.94. The van der Waals surface area contributed by atoms with Crippen LogP contribution in [0.4, 0.5) is 5.69 Å². The number of benzene rings is 3. The van der Waals surface area contributed by atoms with Gasteiger partial charge in [0.2, 0.25) is 5.91 Å². The lowest BCUT2D eigenvalue weighted by Gasteiger charge is -2.11. The van der Waals surface area contributed by atoms with Crippen LogP contribution in [0.3, 0.4) is 0 Å². The van der Waals surface area contributed by atoms with Crippen LogP contribution >= 0.6 is 23.4 Å². The van der Waals surface area contributed by atoms with Crippen LogP contribution in [0.2, 0.25) is 5.02 Å². The molecule has 156 valence electrons. The summed E-state index contributed by atoms with van der Waals surface area (Å²) in [6.45, 7) is 4.08. The summed E-state index contributed by atoms with van der Waals surface area (Å²) in [7, 11) is 0. The number of para-hydroxylation sites is 1. The van der Waals surface area contributed by atoms with Crippen LogP contribution in [0.1, 0.15) is 11.1 Å². The molecule has 5 nitrogen and oxygen atoms in total. The van der Waals surface area contributed by atoms with Gasteiger partial charge in [-0.15, -0.1) is 10.2 Å². The first kappa shape index (κ1) is 21.2. The van der Waals surface area contributed by atoms with Crippen molar-refractivity contribution in [1.82, 2.24) is 14.8 Å². The quantitative estimate of drug-likeness (QED) is 0.371. The molecule has 0 aliphatic rings. The second kappa shape index (κ2) is 9.37. The van der Waals surface area contributed by atoms with Gasteiger partial charge in [0.05, 0.1) is 5.75 Å². The van der Waals surface area contributed by atoms with E-state index in [1.54, 1.807) is 0 Å². The number of halogens is 1. The number of nitrogens with one attached hydrogen (secondary N) is 1. The standard InChI is InChI=1S/C24H21ClN4OS/c1-16-8-13-20(14-17(16)2)26-22(30)15-31-24-28-27-23(18-9-11-19(25)12-10-18)29(24)21-6-4-3-5-7-21/h3-14H,15H2,1-2H3,(H,26,30). The zero-order valence-electron chi connectivity index (χ0n) is 17.2. The Morgan fingerprint density at radius 2 is 1.71 bits per heavy atom. The Hall–Kier alpha value is -3.09. The Balaban J connectivity index is 1.57. The third-order valence-electron chi connectivity index (χ3n) is 4.87. The number of carbonyl (C=O) groups is 1. The van der Waals surface area contributed by atoms with E-state index < -0.39 is 0 Å². The summed E-state index contributed by atoms with van der Waals surface area (Å²) in [5.41, 5.74) is 4.95. The first-order valence-electron chi connectivity index (χ1n) is 9.78. The number of hydrogen-bond donors (Lipinski definition) is 1. The lowest BCUT2D eigenvalue weighted by Crippen LogP contribution is -2.14. The van der Waals surface area contributed by atoms with E-state index in [9.17, 15) is 4.79 Å². The average molecular weight is 449 g/mol. The third-order valence-corrected chi connectivity index (χ3v) is 6.05. The smallest absolute Gasteiger partial charge is 0.234 e. The highest BCUT2D eigenvalue weighted by molar-refractivity contribution is 7.99. The molecule has 0 aliphatic heterocycles. The Kier molecular flexibility index (Phi) is 6.39. The molecule has 0 atom stereocenters. The topological polar surface area (TPSA) is 59.8 Å². The van der Waals surface area contributed by atoms with Gasteiger partial charge in [0, 0.05) is 22.0 Å². The van der Waals surface area contributed by atoms with Crippen LogP contribution in [0, 0.1) is 13.8 Å². The first-order chi connectivity index (χ1) is 15.0. The summed E-state index contributed by atoms with van der Waals surface area (Å²) < 4.78 is 1.96. The summed E-state index contributed by atoms with van der Waals surface area (Å²) in [6.07, 6.45) is 0. The van der Waals surface area contributed by atoms with E-state index in [1.165, 1.54) is 17.3 Å². The monoisotopic (exact) mass is 448 g/mol. The summed E-state index contributed by atoms with van der Waals surface area (Å²) in [4.78, 5) is 12.5. The summed E-state index contributed by atoms with van der Waals surface area (Å²) in [5, 5.41) is 13.0. The van der Waals surface area contributed by atoms with Crippen LogP contribution in [0.25, 0.3) is 17.1 Å². The number of rotatable bonds is 6. The van der Waals surface area contributed by atoms with Gasteiger partial charge < -0.3 is 5.32 Å². The number of aryl methyl sites for hydroxylation is 2. The highest BCUT2D eigenvalue weighted by Gasteiger charge is 2.17. The van der Waals surface area contributed by atoms with Crippen LogP contribution < -0.4 is 5.32 Å². The van der Waals surface area contributed by atoms with Gasteiger partial charge in [-0.25, -0.2) is 0 Å². The summed E-state index contributed by atoms with van der Waals surface area (Å²) in [6, 6.07) is 23.2. The highest BCUT2D eigenvalue weighted by atomic mass is 35.5. The van der Waals surface area contributed by atoms with E-state index in [0.717, 1.165) is 22.5 Å². The van der Waals surface area contributed by atoms with E-state index >= 15 is 0 Å². The average Bonchev–Trinajstić information content (AvgIpc) is 3.20. The molecule has 0 saturated carbocycles. The third kappa shape index (κ3) is 4.98. The van der Waals surface area contributed by atoms with Crippen molar-refractivity contribution < 1.29 is 4.79 Å². The highest BCUT2D eigenvalue weighted by Crippen LogP contribution is 2.28. The van der Waals surface area contributed by atoms with Crippen molar-refractivity contribution in [2.45, 2.75) is 19.0 Å². The van der Waals surface area contributed by atoms with E-state index in [-0.39, 0.29) is 11.7 Å². The van der Waals surface area contributed by atoms with Gasteiger partial charge in [-0.3, -0.25) is 9.36 Å². The molecule has 0 fully saturated rings. The van der Waals surface area contributed by atoms with E-state index in [0.29, 0.717) is 16.0 Å². The molecule has 1 N–H and O–H groups in total. The van der Waals surface area contributed by atoms with E-state index in [1.807, 2.05) is 91.2 Å². The molecule has 0 spiro atoms. The number of thioether (sulfide) groups is 1. The van der Waals surface area contributed by atoms with E-state index in [4.69, 9.17) is 11.6 Å². The Morgan fingerprint density at radius 3 is 2.42 bits per heavy atom. The minimum Gasteiger partial charge on any atom is -0.325 e. The second-order valence-corrected chi connectivity index (χ2v) is 8.50. The number of nitrogens with zero attached hydrogens (tertiary/aromatic N) is 3. The van der Waals surface area contributed by atoms with Crippen molar-refractivity contribution >= 4 is 35.0 Å². The van der Waals surface area contributed by atoms with Gasteiger partial charge in [0.1, 0.15) is 0 Å². The molecule has 0 aliphatic carbocycles. The molecule has 0 radical (unpaired) electrons. The van der Waals surface area contributed by atoms with Gasteiger partial charge in [-0.2, -0.15) is 0 Å². The zero-order valence-corrected chi connectivity index (χ0v) is 18.7. The molecule has 31 heavy (non-hydrogen) atoms. The fourth-order valence-electron chi connectivity index (χ4n) is 3.11. The molecule has 0 unspecified atom stereocenters.